The van der Waals surface area contributed by atoms with Crippen LogP contribution in [-0.2, 0) is 4.79 Å². The number of amides is 1. The van der Waals surface area contributed by atoms with Crippen molar-refractivity contribution < 1.29 is 9.21 Å². The van der Waals surface area contributed by atoms with Crippen molar-refractivity contribution >= 4 is 39.3 Å². The van der Waals surface area contributed by atoms with Gasteiger partial charge >= 0.3 is 0 Å². The first-order valence-corrected chi connectivity index (χ1v) is 8.22. The maximum absolute atomic E-state index is 12.2. The Hall–Kier alpha value is -1.27. The van der Waals surface area contributed by atoms with Gasteiger partial charge in [0.15, 0.2) is 0 Å². The predicted molar refractivity (Wildman–Crippen MR) is 88.8 cm³/mol. The van der Waals surface area contributed by atoms with E-state index < -0.39 is 0 Å². The van der Waals surface area contributed by atoms with Crippen LogP contribution >= 0.6 is 27.7 Å². The lowest BCUT2D eigenvalue weighted by Gasteiger charge is -2.11. The highest BCUT2D eigenvalue weighted by Crippen LogP contribution is 2.27. The molecule has 0 saturated carbocycles. The molecule has 1 aromatic carbocycles. The Kier molecular flexibility index (Phi) is 5.11. The van der Waals surface area contributed by atoms with Crippen LogP contribution in [-0.4, -0.2) is 16.1 Å². The molecule has 1 N–H and O–H groups in total. The van der Waals surface area contributed by atoms with E-state index in [1.54, 1.807) is 0 Å². The van der Waals surface area contributed by atoms with Gasteiger partial charge in [-0.05, 0) is 61.3 Å². The molecule has 6 heteroatoms. The summed E-state index contributed by atoms with van der Waals surface area (Å²) in [4.78, 5) is 16.5. The molecular formula is C15H17BrN2O2S. The highest BCUT2D eigenvalue weighted by atomic mass is 79.9. The fourth-order valence-corrected chi connectivity index (χ4v) is 3.08. The maximum Gasteiger partial charge on any atom is 0.256 e. The van der Waals surface area contributed by atoms with Crippen LogP contribution < -0.4 is 5.32 Å². The van der Waals surface area contributed by atoms with Gasteiger partial charge < -0.3 is 9.73 Å². The fraction of sp³-hybridized carbons (Fsp3) is 0.333. The molecule has 1 atom stereocenters. The van der Waals surface area contributed by atoms with Crippen LogP contribution in [0.5, 0.6) is 0 Å². The van der Waals surface area contributed by atoms with Crippen LogP contribution in [0.1, 0.15) is 23.9 Å². The standard InChI is InChI=1S/C15H17BrN2O2S/c1-8-5-6-13(12(16)7-8)18-14(19)11(4)21-15-17-9(2)10(3)20-15/h5-7,11H,1-4H3,(H,18,19). The van der Waals surface area contributed by atoms with Crippen molar-refractivity contribution in [1.82, 2.24) is 4.98 Å². The smallest absolute Gasteiger partial charge is 0.256 e. The molecule has 4 nitrogen and oxygen atoms in total. The SMILES string of the molecule is Cc1ccc(NC(=O)C(C)Sc2nc(C)c(C)o2)c(Br)c1. The lowest BCUT2D eigenvalue weighted by Crippen LogP contribution is -2.22. The van der Waals surface area contributed by atoms with Crippen LogP contribution in [0.4, 0.5) is 5.69 Å². The maximum atomic E-state index is 12.2. The number of oxazole rings is 1. The molecule has 1 heterocycles. The van der Waals surface area contributed by atoms with Crippen molar-refractivity contribution in [3.8, 4) is 0 Å². The molecule has 2 aromatic rings. The van der Waals surface area contributed by atoms with Crippen molar-refractivity contribution in [2.24, 2.45) is 0 Å². The Morgan fingerprint density at radius 2 is 2.10 bits per heavy atom. The Bertz CT molecular complexity index is 650. The van der Waals surface area contributed by atoms with Gasteiger partial charge in [-0.15, -0.1) is 0 Å². The zero-order valence-electron chi connectivity index (χ0n) is 12.4. The molecule has 1 aromatic heterocycles. The van der Waals surface area contributed by atoms with Crippen molar-refractivity contribution in [1.29, 1.82) is 0 Å². The highest BCUT2D eigenvalue weighted by Gasteiger charge is 2.19. The minimum absolute atomic E-state index is 0.0851. The molecule has 0 aliphatic heterocycles. The summed E-state index contributed by atoms with van der Waals surface area (Å²) in [6, 6.07) is 5.81. The molecule has 0 aliphatic rings. The molecular weight excluding hydrogens is 352 g/mol. The summed E-state index contributed by atoms with van der Waals surface area (Å²) in [6.07, 6.45) is 0. The number of hydrogen-bond acceptors (Lipinski definition) is 4. The number of rotatable bonds is 4. The van der Waals surface area contributed by atoms with Crippen LogP contribution in [0.2, 0.25) is 0 Å². The number of nitrogens with zero attached hydrogens (tertiary/aromatic N) is 1. The molecule has 0 aliphatic carbocycles. The first kappa shape index (κ1) is 16.1. The second kappa shape index (κ2) is 6.66. The minimum Gasteiger partial charge on any atom is -0.437 e. The third-order valence-electron chi connectivity index (χ3n) is 3.04. The molecule has 1 unspecified atom stereocenters. The lowest BCUT2D eigenvalue weighted by molar-refractivity contribution is -0.115. The summed E-state index contributed by atoms with van der Waals surface area (Å²) < 4.78 is 6.36. The quantitative estimate of drug-likeness (QED) is 0.808. The number of nitrogens with one attached hydrogen (secondary N) is 1. The summed E-state index contributed by atoms with van der Waals surface area (Å²) in [5.74, 6) is 0.699. The molecule has 2 rings (SSSR count). The normalized spacial score (nSPS) is 12.2. The summed E-state index contributed by atoms with van der Waals surface area (Å²) in [5.41, 5.74) is 2.75. The Labute approximate surface area is 136 Å². The van der Waals surface area contributed by atoms with Crippen molar-refractivity contribution in [2.75, 3.05) is 5.32 Å². The predicted octanol–water partition coefficient (Wildman–Crippen LogP) is 4.48. The van der Waals surface area contributed by atoms with Gasteiger partial charge in [0, 0.05) is 4.47 Å². The van der Waals surface area contributed by atoms with E-state index in [1.807, 2.05) is 45.9 Å². The molecule has 21 heavy (non-hydrogen) atoms. The van der Waals surface area contributed by atoms with E-state index in [4.69, 9.17) is 4.42 Å². The van der Waals surface area contributed by atoms with E-state index in [-0.39, 0.29) is 11.2 Å². The monoisotopic (exact) mass is 368 g/mol. The number of carbonyl (C=O) groups is 1. The zero-order valence-corrected chi connectivity index (χ0v) is 14.8. The summed E-state index contributed by atoms with van der Waals surface area (Å²) in [6.45, 7) is 7.58. The van der Waals surface area contributed by atoms with Gasteiger partial charge in [-0.2, -0.15) is 0 Å². The van der Waals surface area contributed by atoms with Crippen LogP contribution in [0.25, 0.3) is 0 Å². The number of aryl methyl sites for hydroxylation is 3. The number of thioether (sulfide) groups is 1. The fourth-order valence-electron chi connectivity index (χ4n) is 1.65. The summed E-state index contributed by atoms with van der Waals surface area (Å²) in [7, 11) is 0. The number of aromatic nitrogens is 1. The number of anilines is 1. The second-order valence-corrected chi connectivity index (χ2v) is 7.00. The summed E-state index contributed by atoms with van der Waals surface area (Å²) in [5, 5.41) is 3.13. The van der Waals surface area contributed by atoms with E-state index in [0.717, 1.165) is 27.2 Å². The average molecular weight is 369 g/mol. The van der Waals surface area contributed by atoms with Crippen LogP contribution in [0.15, 0.2) is 32.3 Å². The van der Waals surface area contributed by atoms with Crippen molar-refractivity contribution in [2.45, 2.75) is 38.2 Å². The third kappa shape index (κ3) is 4.11. The van der Waals surface area contributed by atoms with Gasteiger partial charge in [-0.25, -0.2) is 4.98 Å². The molecule has 0 spiro atoms. The first-order chi connectivity index (χ1) is 9.86. The largest absolute Gasteiger partial charge is 0.437 e. The van der Waals surface area contributed by atoms with Gasteiger partial charge in [0.05, 0.1) is 16.6 Å². The second-order valence-electron chi connectivity index (χ2n) is 4.85. The molecule has 0 radical (unpaired) electrons. The van der Waals surface area contributed by atoms with Gasteiger partial charge in [-0.1, -0.05) is 17.8 Å². The van der Waals surface area contributed by atoms with Gasteiger partial charge in [0.1, 0.15) is 5.76 Å². The van der Waals surface area contributed by atoms with Crippen molar-refractivity contribution in [3.05, 3.63) is 39.7 Å². The first-order valence-electron chi connectivity index (χ1n) is 6.54. The molecule has 0 fully saturated rings. The number of benzene rings is 1. The molecule has 0 saturated heterocycles. The Morgan fingerprint density at radius 1 is 1.38 bits per heavy atom. The number of carbonyl (C=O) groups excluding carboxylic acids is 1. The van der Waals surface area contributed by atoms with Crippen LogP contribution in [0, 0.1) is 20.8 Å². The molecule has 0 bridgehead atoms. The highest BCUT2D eigenvalue weighted by molar-refractivity contribution is 9.10. The average Bonchev–Trinajstić information content (AvgIpc) is 2.71. The van der Waals surface area contributed by atoms with Gasteiger partial charge in [-0.3, -0.25) is 4.79 Å². The van der Waals surface area contributed by atoms with Crippen molar-refractivity contribution in [3.63, 3.8) is 0 Å². The van der Waals surface area contributed by atoms with Gasteiger partial charge in [0.2, 0.25) is 5.91 Å². The topological polar surface area (TPSA) is 55.1 Å². The lowest BCUT2D eigenvalue weighted by atomic mass is 10.2. The van der Waals surface area contributed by atoms with E-state index in [0.29, 0.717) is 5.22 Å². The van der Waals surface area contributed by atoms with E-state index in [9.17, 15) is 4.79 Å². The van der Waals surface area contributed by atoms with E-state index in [2.05, 4.69) is 26.2 Å². The molecule has 1 amide bonds. The third-order valence-corrected chi connectivity index (χ3v) is 4.64. The molecule has 112 valence electrons. The Balaban J connectivity index is 2.02. The Morgan fingerprint density at radius 3 is 2.67 bits per heavy atom. The van der Waals surface area contributed by atoms with E-state index in [1.165, 1.54) is 11.8 Å². The van der Waals surface area contributed by atoms with Crippen LogP contribution in [0.3, 0.4) is 0 Å². The number of halogens is 1. The number of hydrogen-bond donors (Lipinski definition) is 1. The van der Waals surface area contributed by atoms with E-state index >= 15 is 0 Å². The minimum atomic E-state index is -0.296. The zero-order chi connectivity index (χ0) is 15.6. The van der Waals surface area contributed by atoms with Gasteiger partial charge in [0.25, 0.3) is 5.22 Å². The summed E-state index contributed by atoms with van der Waals surface area (Å²) >= 11 is 4.76.